The molecular weight excluding hydrogens is 300 g/mol. The molecule has 1 aliphatic carbocycles. The van der Waals surface area contributed by atoms with Gasteiger partial charge in [-0.25, -0.2) is 4.98 Å². The normalized spacial score (nSPS) is 24.6. The molecule has 1 aromatic rings. The Balaban J connectivity index is 1.87. The lowest BCUT2D eigenvalue weighted by Gasteiger charge is -2.26. The predicted octanol–water partition coefficient (Wildman–Crippen LogP) is 4.74. The fraction of sp³-hybridized carbons (Fsp3) is 0.615. The molecule has 0 amide bonds. The fourth-order valence-corrected chi connectivity index (χ4v) is 2.84. The number of aromatic nitrogens is 1. The van der Waals surface area contributed by atoms with Gasteiger partial charge in [-0.05, 0) is 46.7 Å². The monoisotopic (exact) mass is 316 g/mol. The Morgan fingerprint density at radius 3 is 2.82 bits per heavy atom. The molecule has 0 radical (unpaired) electrons. The number of anilines is 1. The molecule has 0 spiro atoms. The first-order valence-corrected chi connectivity index (χ1v) is 7.37. The van der Waals surface area contributed by atoms with Crippen molar-refractivity contribution in [2.24, 2.45) is 11.8 Å². The SMILES string of the molecule is CC1CCC(CNc2cc(Br)cnc2Cl)CC1. The number of halogens is 2. The van der Waals surface area contributed by atoms with Crippen molar-refractivity contribution in [3.63, 3.8) is 0 Å². The zero-order valence-electron chi connectivity index (χ0n) is 10.0. The van der Waals surface area contributed by atoms with E-state index < -0.39 is 0 Å². The minimum absolute atomic E-state index is 0.553. The van der Waals surface area contributed by atoms with Crippen molar-refractivity contribution in [1.29, 1.82) is 0 Å². The van der Waals surface area contributed by atoms with Gasteiger partial charge in [-0.1, -0.05) is 31.4 Å². The van der Waals surface area contributed by atoms with Crippen LogP contribution in [0.2, 0.25) is 5.15 Å². The average molecular weight is 318 g/mol. The van der Waals surface area contributed by atoms with Crippen molar-refractivity contribution in [2.75, 3.05) is 11.9 Å². The Bertz CT molecular complexity index is 376. The Labute approximate surface area is 116 Å². The van der Waals surface area contributed by atoms with Crippen LogP contribution in [0.5, 0.6) is 0 Å². The maximum absolute atomic E-state index is 6.04. The van der Waals surface area contributed by atoms with Crippen LogP contribution >= 0.6 is 27.5 Å². The van der Waals surface area contributed by atoms with Gasteiger partial charge in [-0.3, -0.25) is 0 Å². The maximum Gasteiger partial charge on any atom is 0.152 e. The predicted molar refractivity (Wildman–Crippen MR) is 76.6 cm³/mol. The molecule has 1 fully saturated rings. The van der Waals surface area contributed by atoms with E-state index >= 15 is 0 Å². The summed E-state index contributed by atoms with van der Waals surface area (Å²) in [6.45, 7) is 3.35. The van der Waals surface area contributed by atoms with Gasteiger partial charge in [0.1, 0.15) is 0 Å². The standard InChI is InChI=1S/C13H18BrClN2/c1-9-2-4-10(5-3-9)7-16-12-6-11(14)8-17-13(12)15/h6,8-10,16H,2-5,7H2,1H3. The second kappa shape index (κ2) is 6.05. The Morgan fingerprint density at radius 2 is 2.12 bits per heavy atom. The number of nitrogens with one attached hydrogen (secondary N) is 1. The number of pyridine rings is 1. The molecule has 1 aliphatic rings. The molecule has 0 bridgehead atoms. The summed E-state index contributed by atoms with van der Waals surface area (Å²) in [5.41, 5.74) is 0.930. The van der Waals surface area contributed by atoms with Gasteiger partial charge in [0, 0.05) is 17.2 Å². The number of nitrogens with zero attached hydrogens (tertiary/aromatic N) is 1. The van der Waals surface area contributed by atoms with Crippen LogP contribution in [0.3, 0.4) is 0 Å². The van der Waals surface area contributed by atoms with Gasteiger partial charge in [0.25, 0.3) is 0 Å². The molecule has 0 unspecified atom stereocenters. The van der Waals surface area contributed by atoms with E-state index in [1.54, 1.807) is 6.20 Å². The molecule has 0 aromatic carbocycles. The molecule has 0 saturated heterocycles. The van der Waals surface area contributed by atoms with Gasteiger partial charge in [0.05, 0.1) is 5.69 Å². The third kappa shape index (κ3) is 3.85. The van der Waals surface area contributed by atoms with Crippen LogP contribution in [-0.2, 0) is 0 Å². The van der Waals surface area contributed by atoms with Gasteiger partial charge < -0.3 is 5.32 Å². The van der Waals surface area contributed by atoms with Crippen molar-refractivity contribution < 1.29 is 0 Å². The highest BCUT2D eigenvalue weighted by Crippen LogP contribution is 2.29. The van der Waals surface area contributed by atoms with Crippen molar-refractivity contribution in [2.45, 2.75) is 32.6 Å². The molecule has 17 heavy (non-hydrogen) atoms. The van der Waals surface area contributed by atoms with E-state index in [4.69, 9.17) is 11.6 Å². The van der Waals surface area contributed by atoms with Crippen LogP contribution in [-0.4, -0.2) is 11.5 Å². The lowest BCUT2D eigenvalue weighted by Crippen LogP contribution is -2.20. The highest BCUT2D eigenvalue weighted by molar-refractivity contribution is 9.10. The summed E-state index contributed by atoms with van der Waals surface area (Å²) in [5, 5.41) is 3.97. The zero-order valence-corrected chi connectivity index (χ0v) is 12.4. The van der Waals surface area contributed by atoms with Crippen LogP contribution in [0, 0.1) is 11.8 Å². The number of hydrogen-bond donors (Lipinski definition) is 1. The summed E-state index contributed by atoms with van der Waals surface area (Å²) in [7, 11) is 0. The molecule has 0 aliphatic heterocycles. The van der Waals surface area contributed by atoms with Gasteiger partial charge in [0.2, 0.25) is 0 Å². The first-order chi connectivity index (χ1) is 8.15. The van der Waals surface area contributed by atoms with Crippen molar-refractivity contribution in [3.8, 4) is 0 Å². The Morgan fingerprint density at radius 1 is 1.41 bits per heavy atom. The fourth-order valence-electron chi connectivity index (χ4n) is 2.33. The highest BCUT2D eigenvalue weighted by Gasteiger charge is 2.18. The van der Waals surface area contributed by atoms with Crippen LogP contribution in [0.4, 0.5) is 5.69 Å². The third-order valence-corrected chi connectivity index (χ3v) is 4.26. The first kappa shape index (κ1) is 13.2. The van der Waals surface area contributed by atoms with Crippen LogP contribution < -0.4 is 5.32 Å². The molecule has 1 saturated carbocycles. The van der Waals surface area contributed by atoms with E-state index in [0.717, 1.165) is 28.5 Å². The summed E-state index contributed by atoms with van der Waals surface area (Å²) >= 11 is 9.45. The molecule has 1 aromatic heterocycles. The molecule has 1 N–H and O–H groups in total. The minimum atomic E-state index is 0.553. The molecule has 94 valence electrons. The van der Waals surface area contributed by atoms with E-state index in [2.05, 4.69) is 33.2 Å². The Kier molecular flexibility index (Phi) is 4.69. The van der Waals surface area contributed by atoms with Crippen molar-refractivity contribution in [1.82, 2.24) is 4.98 Å². The second-order valence-corrected chi connectivity index (χ2v) is 6.27. The van der Waals surface area contributed by atoms with Crippen molar-refractivity contribution >= 4 is 33.2 Å². The van der Waals surface area contributed by atoms with E-state index in [1.165, 1.54) is 25.7 Å². The van der Waals surface area contributed by atoms with Gasteiger partial charge >= 0.3 is 0 Å². The van der Waals surface area contributed by atoms with Gasteiger partial charge in [-0.15, -0.1) is 0 Å². The molecular formula is C13H18BrClN2. The third-order valence-electron chi connectivity index (χ3n) is 3.52. The van der Waals surface area contributed by atoms with E-state index in [-0.39, 0.29) is 0 Å². The first-order valence-electron chi connectivity index (χ1n) is 6.20. The van der Waals surface area contributed by atoms with E-state index in [0.29, 0.717) is 5.15 Å². The quantitative estimate of drug-likeness (QED) is 0.815. The topological polar surface area (TPSA) is 24.9 Å². The minimum Gasteiger partial charge on any atom is -0.382 e. The van der Waals surface area contributed by atoms with Crippen LogP contribution in [0.15, 0.2) is 16.7 Å². The molecule has 0 atom stereocenters. The van der Waals surface area contributed by atoms with Gasteiger partial charge in [0.15, 0.2) is 5.15 Å². The van der Waals surface area contributed by atoms with Gasteiger partial charge in [-0.2, -0.15) is 0 Å². The van der Waals surface area contributed by atoms with Crippen LogP contribution in [0.25, 0.3) is 0 Å². The summed E-state index contributed by atoms with van der Waals surface area (Å²) in [4.78, 5) is 4.11. The average Bonchev–Trinajstić information content (AvgIpc) is 2.32. The highest BCUT2D eigenvalue weighted by atomic mass is 79.9. The second-order valence-electron chi connectivity index (χ2n) is 5.00. The van der Waals surface area contributed by atoms with E-state index in [9.17, 15) is 0 Å². The van der Waals surface area contributed by atoms with E-state index in [1.807, 2.05) is 6.07 Å². The maximum atomic E-state index is 6.04. The number of hydrogen-bond acceptors (Lipinski definition) is 2. The van der Waals surface area contributed by atoms with Crippen LogP contribution in [0.1, 0.15) is 32.6 Å². The molecule has 2 rings (SSSR count). The molecule has 2 nitrogen and oxygen atoms in total. The lowest BCUT2D eigenvalue weighted by molar-refractivity contribution is 0.300. The lowest BCUT2D eigenvalue weighted by atomic mass is 9.83. The molecule has 1 heterocycles. The number of rotatable bonds is 3. The summed E-state index contributed by atoms with van der Waals surface area (Å²) in [5.74, 6) is 1.68. The summed E-state index contributed by atoms with van der Waals surface area (Å²) < 4.78 is 0.960. The molecule has 4 heteroatoms. The van der Waals surface area contributed by atoms with Crippen molar-refractivity contribution in [3.05, 3.63) is 21.9 Å². The smallest absolute Gasteiger partial charge is 0.152 e. The summed E-state index contributed by atoms with van der Waals surface area (Å²) in [6.07, 6.45) is 7.09. The largest absolute Gasteiger partial charge is 0.382 e. The summed E-state index contributed by atoms with van der Waals surface area (Å²) in [6, 6.07) is 1.99. The zero-order chi connectivity index (χ0) is 12.3. The Hall–Kier alpha value is -0.280.